The average Bonchev–Trinajstić information content (AvgIpc) is 2.78. The standard InChI is InChI=1S/C11H13N3O3S/c1-2-3-7(12)10(15)13-5-4-9-14-8(6-18-9)11(16)17/h1,6-7H,3-5,12H2,(H,13,15)(H,16,17). The number of carboxylic acid groups (broad SMARTS) is 1. The summed E-state index contributed by atoms with van der Waals surface area (Å²) in [6.45, 7) is 0.351. The first kappa shape index (κ1) is 14.2. The minimum absolute atomic E-state index is 0.0189. The zero-order valence-corrected chi connectivity index (χ0v) is 10.4. The number of thiazole rings is 1. The zero-order chi connectivity index (χ0) is 13.5. The molecule has 0 aliphatic rings. The molecule has 0 spiro atoms. The highest BCUT2D eigenvalue weighted by Crippen LogP contribution is 2.09. The molecule has 1 atom stereocenters. The van der Waals surface area contributed by atoms with Gasteiger partial charge in [0.2, 0.25) is 5.91 Å². The Morgan fingerprint density at radius 2 is 2.39 bits per heavy atom. The second kappa shape index (κ2) is 6.74. The maximum atomic E-state index is 11.4. The molecule has 0 saturated heterocycles. The molecule has 96 valence electrons. The smallest absolute Gasteiger partial charge is 0.355 e. The number of nitrogens with zero attached hydrogens (tertiary/aromatic N) is 1. The number of rotatable bonds is 6. The molecule has 0 aliphatic carbocycles. The Labute approximate surface area is 108 Å². The van der Waals surface area contributed by atoms with Crippen LogP contribution < -0.4 is 11.1 Å². The van der Waals surface area contributed by atoms with Crippen molar-refractivity contribution in [2.24, 2.45) is 5.73 Å². The van der Waals surface area contributed by atoms with E-state index in [4.69, 9.17) is 17.3 Å². The summed E-state index contributed by atoms with van der Waals surface area (Å²) in [7, 11) is 0. The van der Waals surface area contributed by atoms with Gasteiger partial charge in [-0.2, -0.15) is 0 Å². The molecule has 6 nitrogen and oxygen atoms in total. The fraction of sp³-hybridized carbons (Fsp3) is 0.364. The van der Waals surface area contributed by atoms with Gasteiger partial charge in [-0.15, -0.1) is 23.7 Å². The van der Waals surface area contributed by atoms with Crippen LogP contribution in [0.15, 0.2) is 5.38 Å². The van der Waals surface area contributed by atoms with E-state index >= 15 is 0 Å². The van der Waals surface area contributed by atoms with Crippen molar-refractivity contribution in [3.05, 3.63) is 16.1 Å². The van der Waals surface area contributed by atoms with Crippen LogP contribution in [0.2, 0.25) is 0 Å². The summed E-state index contributed by atoms with van der Waals surface area (Å²) in [4.78, 5) is 25.9. The first-order valence-electron chi connectivity index (χ1n) is 5.19. The number of terminal acetylenes is 1. The van der Waals surface area contributed by atoms with Crippen LogP contribution in [0.3, 0.4) is 0 Å². The quantitative estimate of drug-likeness (QED) is 0.622. The number of nitrogens with one attached hydrogen (secondary N) is 1. The highest BCUT2D eigenvalue weighted by molar-refractivity contribution is 7.09. The van der Waals surface area contributed by atoms with E-state index in [1.165, 1.54) is 16.7 Å². The molecule has 0 aliphatic heterocycles. The van der Waals surface area contributed by atoms with Crippen molar-refractivity contribution in [3.8, 4) is 12.3 Å². The van der Waals surface area contributed by atoms with E-state index in [1.54, 1.807) is 0 Å². The molecule has 1 aromatic heterocycles. The van der Waals surface area contributed by atoms with E-state index in [1.807, 2.05) is 0 Å². The lowest BCUT2D eigenvalue weighted by Crippen LogP contribution is -2.41. The first-order chi connectivity index (χ1) is 8.54. The van der Waals surface area contributed by atoms with Gasteiger partial charge in [-0.3, -0.25) is 4.79 Å². The van der Waals surface area contributed by atoms with E-state index < -0.39 is 12.0 Å². The monoisotopic (exact) mass is 267 g/mol. The molecule has 1 amide bonds. The fourth-order valence-electron chi connectivity index (χ4n) is 1.17. The summed E-state index contributed by atoms with van der Waals surface area (Å²) in [5, 5.41) is 13.4. The first-order valence-corrected chi connectivity index (χ1v) is 6.07. The van der Waals surface area contributed by atoms with Gasteiger partial charge < -0.3 is 16.2 Å². The van der Waals surface area contributed by atoms with Gasteiger partial charge in [-0.05, 0) is 0 Å². The minimum Gasteiger partial charge on any atom is -0.476 e. The number of carboxylic acids is 1. The van der Waals surface area contributed by atoms with Crippen LogP contribution >= 0.6 is 11.3 Å². The van der Waals surface area contributed by atoms with Crippen LogP contribution in [0.25, 0.3) is 0 Å². The van der Waals surface area contributed by atoms with Crippen molar-refractivity contribution in [2.45, 2.75) is 18.9 Å². The normalized spacial score (nSPS) is 11.6. The van der Waals surface area contributed by atoms with Crippen LogP contribution in [-0.4, -0.2) is 34.6 Å². The number of nitrogens with two attached hydrogens (primary N) is 1. The number of aromatic nitrogens is 1. The molecule has 0 bridgehead atoms. The number of carbonyl (C=O) groups excluding carboxylic acids is 1. The Kier molecular flexibility index (Phi) is 5.30. The predicted octanol–water partition coefficient (Wildman–Crippen LogP) is -0.149. The van der Waals surface area contributed by atoms with Gasteiger partial charge in [-0.25, -0.2) is 9.78 Å². The fourth-order valence-corrected chi connectivity index (χ4v) is 1.94. The van der Waals surface area contributed by atoms with Crippen molar-refractivity contribution in [1.29, 1.82) is 0 Å². The van der Waals surface area contributed by atoms with E-state index in [0.29, 0.717) is 18.0 Å². The summed E-state index contributed by atoms with van der Waals surface area (Å²) >= 11 is 1.24. The highest BCUT2D eigenvalue weighted by atomic mass is 32.1. The number of amides is 1. The van der Waals surface area contributed by atoms with E-state index in [-0.39, 0.29) is 18.0 Å². The third kappa shape index (κ3) is 4.16. The Morgan fingerprint density at radius 3 is 2.94 bits per heavy atom. The van der Waals surface area contributed by atoms with Crippen molar-refractivity contribution >= 4 is 23.2 Å². The molecule has 0 saturated carbocycles. The lowest BCUT2D eigenvalue weighted by Gasteiger charge is -2.08. The Bertz CT molecular complexity index is 478. The molecule has 1 unspecified atom stereocenters. The van der Waals surface area contributed by atoms with Crippen LogP contribution in [-0.2, 0) is 11.2 Å². The second-order valence-electron chi connectivity index (χ2n) is 3.49. The van der Waals surface area contributed by atoms with Gasteiger partial charge in [0.1, 0.15) is 0 Å². The number of carbonyl (C=O) groups is 2. The summed E-state index contributed by atoms with van der Waals surface area (Å²) in [6, 6.07) is -0.708. The van der Waals surface area contributed by atoms with E-state index in [0.717, 1.165) is 0 Å². The van der Waals surface area contributed by atoms with E-state index in [2.05, 4.69) is 16.2 Å². The largest absolute Gasteiger partial charge is 0.476 e. The molecule has 1 heterocycles. The zero-order valence-electron chi connectivity index (χ0n) is 9.55. The van der Waals surface area contributed by atoms with Crippen LogP contribution in [0.5, 0.6) is 0 Å². The van der Waals surface area contributed by atoms with Crippen LogP contribution in [0, 0.1) is 12.3 Å². The van der Waals surface area contributed by atoms with Crippen LogP contribution in [0.4, 0.5) is 0 Å². The van der Waals surface area contributed by atoms with E-state index in [9.17, 15) is 9.59 Å². The highest BCUT2D eigenvalue weighted by Gasteiger charge is 2.12. The van der Waals surface area contributed by atoms with Gasteiger partial charge in [-0.1, -0.05) is 0 Å². The SMILES string of the molecule is C#CCC(N)C(=O)NCCc1nc(C(=O)O)cs1. The van der Waals surface area contributed by atoms with Gasteiger partial charge >= 0.3 is 5.97 Å². The third-order valence-electron chi connectivity index (χ3n) is 2.08. The molecule has 0 fully saturated rings. The molecule has 4 N–H and O–H groups in total. The van der Waals surface area contributed by atoms with Crippen molar-refractivity contribution in [3.63, 3.8) is 0 Å². The average molecular weight is 267 g/mol. The molecule has 7 heteroatoms. The molecule has 18 heavy (non-hydrogen) atoms. The Hall–Kier alpha value is -1.91. The van der Waals surface area contributed by atoms with Gasteiger partial charge in [0, 0.05) is 24.8 Å². The summed E-state index contributed by atoms with van der Waals surface area (Å²) in [6.07, 6.45) is 5.70. The number of hydrogen-bond acceptors (Lipinski definition) is 5. The third-order valence-corrected chi connectivity index (χ3v) is 2.99. The van der Waals surface area contributed by atoms with Gasteiger partial charge in [0.05, 0.1) is 11.0 Å². The van der Waals surface area contributed by atoms with Crippen molar-refractivity contribution in [1.82, 2.24) is 10.3 Å². The summed E-state index contributed by atoms with van der Waals surface area (Å²) in [5.74, 6) is 0.936. The van der Waals surface area contributed by atoms with Gasteiger partial charge in [0.25, 0.3) is 0 Å². The molecular weight excluding hydrogens is 254 g/mol. The van der Waals surface area contributed by atoms with Crippen molar-refractivity contribution < 1.29 is 14.7 Å². The second-order valence-corrected chi connectivity index (χ2v) is 4.43. The molecule has 1 rings (SSSR count). The molecule has 0 aromatic carbocycles. The minimum atomic E-state index is -1.06. The summed E-state index contributed by atoms with van der Waals surface area (Å²) in [5.41, 5.74) is 5.52. The maximum absolute atomic E-state index is 11.4. The van der Waals surface area contributed by atoms with Gasteiger partial charge in [0.15, 0.2) is 5.69 Å². The predicted molar refractivity (Wildman–Crippen MR) is 67.2 cm³/mol. The topological polar surface area (TPSA) is 105 Å². The van der Waals surface area contributed by atoms with Crippen molar-refractivity contribution in [2.75, 3.05) is 6.54 Å². The molecule has 1 aromatic rings. The number of aromatic carboxylic acids is 1. The summed E-state index contributed by atoms with van der Waals surface area (Å²) < 4.78 is 0. The Morgan fingerprint density at radius 1 is 1.67 bits per heavy atom. The Balaban J connectivity index is 2.35. The number of hydrogen-bond donors (Lipinski definition) is 3. The lowest BCUT2D eigenvalue weighted by atomic mass is 10.2. The molecular formula is C11H13N3O3S. The van der Waals surface area contributed by atoms with Crippen LogP contribution in [0.1, 0.15) is 21.9 Å². The maximum Gasteiger partial charge on any atom is 0.355 e. The lowest BCUT2D eigenvalue weighted by molar-refractivity contribution is -0.122. The molecule has 0 radical (unpaired) electrons.